The number of hydrogen-bond acceptors (Lipinski definition) is 7. The summed E-state index contributed by atoms with van der Waals surface area (Å²) in [6, 6.07) is 4.99. The van der Waals surface area contributed by atoms with Crippen LogP contribution in [-0.4, -0.2) is 35.6 Å². The highest BCUT2D eigenvalue weighted by Crippen LogP contribution is 2.24. The van der Waals surface area contributed by atoms with Gasteiger partial charge in [0.1, 0.15) is 11.8 Å². The van der Waals surface area contributed by atoms with Gasteiger partial charge in [-0.1, -0.05) is 11.3 Å². The summed E-state index contributed by atoms with van der Waals surface area (Å²) in [5.41, 5.74) is 1.72. The van der Waals surface area contributed by atoms with Crippen molar-refractivity contribution < 1.29 is 17.6 Å². The molecule has 0 bridgehead atoms. The van der Waals surface area contributed by atoms with E-state index in [4.69, 9.17) is 4.42 Å². The molecule has 3 aromatic rings. The Kier molecular flexibility index (Phi) is 5.44. The molecule has 0 saturated heterocycles. The van der Waals surface area contributed by atoms with Gasteiger partial charge in [-0.3, -0.25) is 9.48 Å². The van der Waals surface area contributed by atoms with E-state index in [0.29, 0.717) is 5.76 Å². The van der Waals surface area contributed by atoms with Gasteiger partial charge in [-0.15, -0.1) is 0 Å². The number of thiazole rings is 1. The minimum Gasteiger partial charge on any atom is -0.467 e. The molecule has 11 heteroatoms. The van der Waals surface area contributed by atoms with E-state index in [-0.39, 0.29) is 21.8 Å². The van der Waals surface area contributed by atoms with Crippen LogP contribution in [0, 0.1) is 13.8 Å². The van der Waals surface area contributed by atoms with Crippen molar-refractivity contribution in [3.05, 3.63) is 47.8 Å². The number of nitrogens with one attached hydrogen (secondary N) is 2. The Hall–Kier alpha value is -2.50. The molecule has 0 spiro atoms. The van der Waals surface area contributed by atoms with E-state index in [0.717, 1.165) is 22.7 Å². The number of carbonyl (C=O) groups is 1. The Balaban J connectivity index is 1.81. The number of rotatable bonds is 7. The molecule has 1 amide bonds. The fourth-order valence-corrected chi connectivity index (χ4v) is 4.76. The molecule has 0 aliphatic carbocycles. The predicted octanol–water partition coefficient (Wildman–Crippen LogP) is 2.08. The molecule has 144 valence electrons. The molecular weight excluding hydrogens is 390 g/mol. The smallest absolute Gasteiger partial charge is 0.251 e. The van der Waals surface area contributed by atoms with Crippen LogP contribution in [-0.2, 0) is 14.8 Å². The summed E-state index contributed by atoms with van der Waals surface area (Å²) in [4.78, 5) is 15.0. The molecule has 0 saturated carbocycles. The number of aromatic nitrogens is 3. The van der Waals surface area contributed by atoms with Crippen molar-refractivity contribution in [1.29, 1.82) is 0 Å². The van der Waals surface area contributed by atoms with Gasteiger partial charge in [-0.25, -0.2) is 18.1 Å². The van der Waals surface area contributed by atoms with Crippen molar-refractivity contribution in [3.8, 4) is 0 Å². The lowest BCUT2D eigenvalue weighted by Gasteiger charge is -2.17. The maximum atomic E-state index is 12.6. The van der Waals surface area contributed by atoms with Crippen molar-refractivity contribution in [1.82, 2.24) is 19.5 Å². The van der Waals surface area contributed by atoms with Crippen LogP contribution in [0.4, 0.5) is 5.13 Å². The number of anilines is 1. The first-order chi connectivity index (χ1) is 12.8. The molecule has 0 radical (unpaired) electrons. The molecule has 3 aromatic heterocycles. The van der Waals surface area contributed by atoms with Crippen LogP contribution in [0.25, 0.3) is 0 Å². The maximum Gasteiger partial charge on any atom is 0.251 e. The average molecular weight is 409 g/mol. The summed E-state index contributed by atoms with van der Waals surface area (Å²) in [6.07, 6.45) is 2.74. The largest absolute Gasteiger partial charge is 0.467 e. The van der Waals surface area contributed by atoms with Crippen LogP contribution in [0.1, 0.15) is 30.1 Å². The van der Waals surface area contributed by atoms with Gasteiger partial charge < -0.3 is 9.73 Å². The normalized spacial score (nSPS) is 12.9. The fourth-order valence-electron chi connectivity index (χ4n) is 2.60. The number of hydrogen-bond donors (Lipinski definition) is 2. The van der Waals surface area contributed by atoms with E-state index in [1.807, 2.05) is 19.9 Å². The zero-order chi connectivity index (χ0) is 19.6. The lowest BCUT2D eigenvalue weighted by molar-refractivity contribution is -0.114. The highest BCUT2D eigenvalue weighted by atomic mass is 32.2. The van der Waals surface area contributed by atoms with Crippen LogP contribution in [0.3, 0.4) is 0 Å². The summed E-state index contributed by atoms with van der Waals surface area (Å²) in [6.45, 7) is 5.14. The van der Waals surface area contributed by atoms with Gasteiger partial charge in [0.15, 0.2) is 9.34 Å². The second kappa shape index (κ2) is 7.62. The highest BCUT2D eigenvalue weighted by Gasteiger charge is 2.24. The first-order valence-corrected chi connectivity index (χ1v) is 10.4. The molecule has 1 atom stereocenters. The van der Waals surface area contributed by atoms with Crippen LogP contribution < -0.4 is 10.0 Å². The van der Waals surface area contributed by atoms with E-state index in [9.17, 15) is 13.2 Å². The number of carbonyl (C=O) groups excluding carboxylic acids is 1. The molecule has 2 N–H and O–H groups in total. The second-order valence-corrected chi connectivity index (χ2v) is 8.94. The fraction of sp³-hybridized carbons (Fsp3) is 0.312. The third kappa shape index (κ3) is 4.43. The van der Waals surface area contributed by atoms with Crippen molar-refractivity contribution in [3.63, 3.8) is 0 Å². The Morgan fingerprint density at radius 1 is 1.41 bits per heavy atom. The number of furan rings is 1. The van der Waals surface area contributed by atoms with E-state index in [1.165, 1.54) is 19.4 Å². The third-order valence-electron chi connectivity index (χ3n) is 3.71. The van der Waals surface area contributed by atoms with Crippen LogP contribution in [0.5, 0.6) is 0 Å². The first kappa shape index (κ1) is 19.3. The quantitative estimate of drug-likeness (QED) is 0.617. The molecular formula is C16H19N5O4S2. The summed E-state index contributed by atoms with van der Waals surface area (Å²) in [5, 5.41) is 7.14. The van der Waals surface area contributed by atoms with Gasteiger partial charge in [0.05, 0.1) is 18.2 Å². The van der Waals surface area contributed by atoms with Gasteiger partial charge >= 0.3 is 0 Å². The summed E-state index contributed by atoms with van der Waals surface area (Å²) in [7, 11) is -3.80. The van der Waals surface area contributed by atoms with Crippen LogP contribution in [0.15, 0.2) is 39.3 Å². The number of sulfonamides is 1. The maximum absolute atomic E-state index is 12.6. The zero-order valence-corrected chi connectivity index (χ0v) is 16.6. The van der Waals surface area contributed by atoms with Gasteiger partial charge in [0, 0.05) is 19.2 Å². The zero-order valence-electron chi connectivity index (χ0n) is 15.0. The van der Waals surface area contributed by atoms with E-state index >= 15 is 0 Å². The number of amides is 1. The first-order valence-electron chi connectivity index (χ1n) is 8.05. The molecule has 27 heavy (non-hydrogen) atoms. The molecule has 0 aliphatic heterocycles. The van der Waals surface area contributed by atoms with Gasteiger partial charge in [0.2, 0.25) is 5.91 Å². The average Bonchev–Trinajstić information content (AvgIpc) is 3.30. The third-order valence-corrected chi connectivity index (χ3v) is 6.51. The standard InChI is InChI=1S/C16H19N5O4S2/c1-10-7-11(2)21(20-10)13(14-5-4-6-25-14)8-18-27(23,24)15-9-17-16(26-15)19-12(3)22/h4-7,9,13,18H,8H2,1-3H3,(H,17,19,22). The second-order valence-electron chi connectivity index (χ2n) is 5.92. The van der Waals surface area contributed by atoms with E-state index in [2.05, 4.69) is 20.1 Å². The van der Waals surface area contributed by atoms with Crippen molar-refractivity contribution in [2.75, 3.05) is 11.9 Å². The molecule has 1 unspecified atom stereocenters. The SMILES string of the molecule is CC(=O)Nc1ncc(S(=O)(=O)NCC(c2ccco2)n2nc(C)cc2C)s1. The Bertz CT molecular complexity index is 1040. The molecule has 0 fully saturated rings. The molecule has 0 aromatic carbocycles. The Morgan fingerprint density at radius 2 is 2.19 bits per heavy atom. The van der Waals surface area contributed by atoms with Crippen molar-refractivity contribution in [2.24, 2.45) is 0 Å². The van der Waals surface area contributed by atoms with Crippen LogP contribution >= 0.6 is 11.3 Å². The Morgan fingerprint density at radius 3 is 2.78 bits per heavy atom. The van der Waals surface area contributed by atoms with Crippen LogP contribution in [0.2, 0.25) is 0 Å². The lowest BCUT2D eigenvalue weighted by Crippen LogP contribution is -2.31. The molecule has 9 nitrogen and oxygen atoms in total. The minimum absolute atomic E-state index is 0.0119. The van der Waals surface area contributed by atoms with E-state index in [1.54, 1.807) is 16.8 Å². The molecule has 3 heterocycles. The summed E-state index contributed by atoms with van der Waals surface area (Å²) >= 11 is 0.881. The monoisotopic (exact) mass is 409 g/mol. The molecule has 3 rings (SSSR count). The van der Waals surface area contributed by atoms with E-state index < -0.39 is 16.1 Å². The summed E-state index contributed by atoms with van der Waals surface area (Å²) < 4.78 is 35.0. The van der Waals surface area contributed by atoms with Gasteiger partial charge in [-0.2, -0.15) is 5.10 Å². The Labute approximate surface area is 160 Å². The number of aryl methyl sites for hydroxylation is 2. The van der Waals surface area contributed by atoms with Crippen molar-refractivity contribution in [2.45, 2.75) is 31.0 Å². The van der Waals surface area contributed by atoms with Gasteiger partial charge in [0.25, 0.3) is 10.0 Å². The molecule has 0 aliphatic rings. The lowest BCUT2D eigenvalue weighted by atomic mass is 10.2. The topological polar surface area (TPSA) is 119 Å². The summed E-state index contributed by atoms with van der Waals surface area (Å²) in [5.74, 6) is 0.274. The van der Waals surface area contributed by atoms with Gasteiger partial charge in [-0.05, 0) is 32.0 Å². The predicted molar refractivity (Wildman–Crippen MR) is 100 cm³/mol. The number of nitrogens with zero attached hydrogens (tertiary/aromatic N) is 3. The highest BCUT2D eigenvalue weighted by molar-refractivity contribution is 7.91. The van der Waals surface area contributed by atoms with Crippen molar-refractivity contribution >= 4 is 32.4 Å². The minimum atomic E-state index is -3.80.